The van der Waals surface area contributed by atoms with Gasteiger partial charge in [0, 0.05) is 6.42 Å². The van der Waals surface area contributed by atoms with Gasteiger partial charge >= 0.3 is 5.97 Å². The largest absolute Gasteiger partial charge is 0.481 e. The van der Waals surface area contributed by atoms with E-state index < -0.39 is 5.97 Å². The topological polar surface area (TPSA) is 57.5 Å². The summed E-state index contributed by atoms with van der Waals surface area (Å²) < 4.78 is 0. The maximum absolute atomic E-state index is 10.4. The molecular formula is C12H16O3. The summed E-state index contributed by atoms with van der Waals surface area (Å²) >= 11 is 0. The van der Waals surface area contributed by atoms with Gasteiger partial charge in [-0.25, -0.2) is 0 Å². The van der Waals surface area contributed by atoms with Crippen LogP contribution in [0.3, 0.4) is 0 Å². The number of aliphatic hydroxyl groups excluding tert-OH is 1. The predicted molar refractivity (Wildman–Crippen MR) is 57.8 cm³/mol. The quantitative estimate of drug-likeness (QED) is 0.773. The monoisotopic (exact) mass is 208 g/mol. The van der Waals surface area contributed by atoms with E-state index in [1.165, 1.54) is 0 Å². The van der Waals surface area contributed by atoms with Crippen molar-refractivity contribution in [3.8, 4) is 0 Å². The van der Waals surface area contributed by atoms with E-state index in [0.717, 1.165) is 11.1 Å². The van der Waals surface area contributed by atoms with Crippen LogP contribution in [-0.2, 0) is 17.6 Å². The van der Waals surface area contributed by atoms with E-state index in [4.69, 9.17) is 5.11 Å². The van der Waals surface area contributed by atoms with Crippen LogP contribution in [0.1, 0.15) is 24.5 Å². The standard InChI is InChI=1S/C12H16O3/c1-9(13)8-11-4-2-10(3-5-11)6-7-12(14)15/h2-5,9,13H,6-8H2,1H3,(H,14,15). The van der Waals surface area contributed by atoms with Crippen molar-refractivity contribution < 1.29 is 15.0 Å². The molecule has 1 unspecified atom stereocenters. The van der Waals surface area contributed by atoms with E-state index in [9.17, 15) is 9.90 Å². The molecule has 0 saturated carbocycles. The van der Waals surface area contributed by atoms with Crippen molar-refractivity contribution in [1.29, 1.82) is 0 Å². The molecule has 0 aliphatic heterocycles. The third kappa shape index (κ3) is 4.61. The third-order valence-electron chi connectivity index (χ3n) is 2.18. The van der Waals surface area contributed by atoms with Gasteiger partial charge in [0.2, 0.25) is 0 Å². The van der Waals surface area contributed by atoms with E-state index in [0.29, 0.717) is 12.8 Å². The number of carboxylic acid groups (broad SMARTS) is 1. The molecule has 0 radical (unpaired) electrons. The Hall–Kier alpha value is -1.35. The predicted octanol–water partition coefficient (Wildman–Crippen LogP) is 1.63. The molecular weight excluding hydrogens is 192 g/mol. The first-order chi connectivity index (χ1) is 7.08. The van der Waals surface area contributed by atoms with Crippen LogP contribution in [0.15, 0.2) is 24.3 Å². The molecule has 15 heavy (non-hydrogen) atoms. The second-order valence-electron chi connectivity index (χ2n) is 3.76. The van der Waals surface area contributed by atoms with Crippen LogP contribution in [0.4, 0.5) is 0 Å². The maximum Gasteiger partial charge on any atom is 0.303 e. The fraction of sp³-hybridized carbons (Fsp3) is 0.417. The van der Waals surface area contributed by atoms with Gasteiger partial charge in [0.1, 0.15) is 0 Å². The second-order valence-corrected chi connectivity index (χ2v) is 3.76. The lowest BCUT2D eigenvalue weighted by Crippen LogP contribution is -2.04. The Morgan fingerprint density at radius 2 is 1.80 bits per heavy atom. The lowest BCUT2D eigenvalue weighted by atomic mass is 10.0. The molecule has 3 heteroatoms. The van der Waals surface area contributed by atoms with E-state index in [1.807, 2.05) is 24.3 Å². The Bertz CT molecular complexity index is 314. The van der Waals surface area contributed by atoms with Gasteiger partial charge in [-0.15, -0.1) is 0 Å². The van der Waals surface area contributed by atoms with Crippen molar-refractivity contribution in [3.63, 3.8) is 0 Å². The third-order valence-corrected chi connectivity index (χ3v) is 2.18. The molecule has 0 heterocycles. The Kier molecular flexibility index (Phi) is 4.31. The van der Waals surface area contributed by atoms with Crippen LogP contribution in [0.2, 0.25) is 0 Å². The van der Waals surface area contributed by atoms with E-state index >= 15 is 0 Å². The molecule has 0 aliphatic rings. The summed E-state index contributed by atoms with van der Waals surface area (Å²) in [6.07, 6.45) is 1.02. The van der Waals surface area contributed by atoms with Gasteiger partial charge in [0.25, 0.3) is 0 Å². The number of aliphatic carboxylic acids is 1. The Morgan fingerprint density at radius 3 is 2.27 bits per heavy atom. The van der Waals surface area contributed by atoms with Crippen molar-refractivity contribution in [1.82, 2.24) is 0 Å². The van der Waals surface area contributed by atoms with Crippen molar-refractivity contribution in [3.05, 3.63) is 35.4 Å². The summed E-state index contributed by atoms with van der Waals surface area (Å²) in [7, 11) is 0. The van der Waals surface area contributed by atoms with Gasteiger partial charge in [-0.2, -0.15) is 0 Å². The van der Waals surface area contributed by atoms with E-state index in [-0.39, 0.29) is 12.5 Å². The van der Waals surface area contributed by atoms with Gasteiger partial charge in [0.15, 0.2) is 0 Å². The SMILES string of the molecule is CC(O)Cc1ccc(CCC(=O)O)cc1. The molecule has 0 amide bonds. The van der Waals surface area contributed by atoms with Gasteiger partial charge in [0.05, 0.1) is 6.10 Å². The minimum atomic E-state index is -0.775. The van der Waals surface area contributed by atoms with E-state index in [2.05, 4.69) is 0 Å². The fourth-order valence-corrected chi connectivity index (χ4v) is 1.43. The first kappa shape index (κ1) is 11.7. The van der Waals surface area contributed by atoms with Gasteiger partial charge < -0.3 is 10.2 Å². The summed E-state index contributed by atoms with van der Waals surface area (Å²) in [5.74, 6) is -0.775. The normalized spacial score (nSPS) is 12.4. The first-order valence-corrected chi connectivity index (χ1v) is 5.05. The van der Waals surface area contributed by atoms with Crippen LogP contribution >= 0.6 is 0 Å². The molecule has 0 spiro atoms. The lowest BCUT2D eigenvalue weighted by Gasteiger charge is -2.05. The van der Waals surface area contributed by atoms with Crippen LogP contribution in [-0.4, -0.2) is 22.3 Å². The van der Waals surface area contributed by atoms with Crippen LogP contribution in [0.25, 0.3) is 0 Å². The average Bonchev–Trinajstić information content (AvgIpc) is 2.16. The van der Waals surface area contributed by atoms with Crippen LogP contribution in [0, 0.1) is 0 Å². The van der Waals surface area contributed by atoms with Crippen molar-refractivity contribution in [2.24, 2.45) is 0 Å². The van der Waals surface area contributed by atoms with Crippen molar-refractivity contribution >= 4 is 5.97 Å². The number of carbonyl (C=O) groups is 1. The summed E-state index contributed by atoms with van der Waals surface area (Å²) in [6.45, 7) is 1.75. The number of rotatable bonds is 5. The minimum absolute atomic E-state index is 0.162. The highest BCUT2D eigenvalue weighted by atomic mass is 16.4. The summed E-state index contributed by atoms with van der Waals surface area (Å²) in [5.41, 5.74) is 2.09. The molecule has 2 N–H and O–H groups in total. The first-order valence-electron chi connectivity index (χ1n) is 5.05. The number of benzene rings is 1. The Morgan fingerprint density at radius 1 is 1.27 bits per heavy atom. The molecule has 1 aromatic carbocycles. The average molecular weight is 208 g/mol. The molecule has 1 atom stereocenters. The van der Waals surface area contributed by atoms with Gasteiger partial charge in [-0.1, -0.05) is 24.3 Å². The molecule has 0 aromatic heterocycles. The van der Waals surface area contributed by atoms with E-state index in [1.54, 1.807) is 6.92 Å². The zero-order valence-electron chi connectivity index (χ0n) is 8.81. The molecule has 3 nitrogen and oxygen atoms in total. The Labute approximate surface area is 89.4 Å². The number of aryl methyl sites for hydroxylation is 1. The zero-order chi connectivity index (χ0) is 11.3. The number of hydrogen-bond donors (Lipinski definition) is 2. The lowest BCUT2D eigenvalue weighted by molar-refractivity contribution is -0.136. The molecule has 1 aromatic rings. The highest BCUT2D eigenvalue weighted by Gasteiger charge is 2.01. The molecule has 0 fully saturated rings. The summed E-state index contributed by atoms with van der Waals surface area (Å²) in [6, 6.07) is 7.70. The molecule has 0 saturated heterocycles. The van der Waals surface area contributed by atoms with Crippen molar-refractivity contribution in [2.45, 2.75) is 32.3 Å². The second kappa shape index (κ2) is 5.51. The number of carboxylic acids is 1. The van der Waals surface area contributed by atoms with Crippen LogP contribution in [0.5, 0.6) is 0 Å². The summed E-state index contributed by atoms with van der Waals surface area (Å²) in [5, 5.41) is 17.7. The Balaban J connectivity index is 2.52. The fourth-order valence-electron chi connectivity index (χ4n) is 1.43. The molecule has 0 aliphatic carbocycles. The van der Waals surface area contributed by atoms with Crippen molar-refractivity contribution in [2.75, 3.05) is 0 Å². The molecule has 82 valence electrons. The van der Waals surface area contributed by atoms with Gasteiger partial charge in [-0.3, -0.25) is 4.79 Å². The number of hydrogen-bond acceptors (Lipinski definition) is 2. The zero-order valence-corrected chi connectivity index (χ0v) is 8.81. The number of aliphatic hydroxyl groups is 1. The molecule has 1 rings (SSSR count). The van der Waals surface area contributed by atoms with Crippen LogP contribution < -0.4 is 0 Å². The maximum atomic E-state index is 10.4. The summed E-state index contributed by atoms with van der Waals surface area (Å²) in [4.78, 5) is 10.4. The minimum Gasteiger partial charge on any atom is -0.481 e. The van der Waals surface area contributed by atoms with Gasteiger partial charge in [-0.05, 0) is 30.9 Å². The smallest absolute Gasteiger partial charge is 0.303 e. The highest BCUT2D eigenvalue weighted by molar-refractivity contribution is 5.67. The highest BCUT2D eigenvalue weighted by Crippen LogP contribution is 2.08. The molecule has 0 bridgehead atoms.